The van der Waals surface area contributed by atoms with Crippen molar-refractivity contribution in [2.45, 2.75) is 26.2 Å². The molecule has 4 nitrogen and oxygen atoms in total. The van der Waals surface area contributed by atoms with Gasteiger partial charge in [-0.05, 0) is 54.3 Å². The van der Waals surface area contributed by atoms with Crippen LogP contribution in [0.5, 0.6) is 0 Å². The van der Waals surface area contributed by atoms with Crippen molar-refractivity contribution in [3.05, 3.63) is 95.4 Å². The summed E-state index contributed by atoms with van der Waals surface area (Å²) in [5.74, 6) is 0.532. The van der Waals surface area contributed by atoms with Crippen molar-refractivity contribution in [3.63, 3.8) is 0 Å². The van der Waals surface area contributed by atoms with E-state index in [4.69, 9.17) is 4.42 Å². The summed E-state index contributed by atoms with van der Waals surface area (Å²) >= 11 is 0. The number of anilines is 1. The molecular formula is C24H22N2O2. The summed E-state index contributed by atoms with van der Waals surface area (Å²) in [4.78, 5) is 17.1. The molecule has 1 amide bonds. The standard InChI is InChI=1S/C24H22N2O2/c1-2-17-9-6-10-20(15-17)25-24(27)19-12-13-21-22(16-19)28-23(26-21)14-11-18-7-4-3-5-8-18/h3-10,12-13,15-16H,2,11,14H2,1H3,(H,25,27). The molecule has 0 unspecified atom stereocenters. The fraction of sp³-hybridized carbons (Fsp3) is 0.167. The van der Waals surface area contributed by atoms with Gasteiger partial charge in [-0.3, -0.25) is 4.79 Å². The molecule has 140 valence electrons. The molecule has 0 spiro atoms. The van der Waals surface area contributed by atoms with E-state index < -0.39 is 0 Å². The first kappa shape index (κ1) is 18.0. The number of carbonyl (C=O) groups excluding carboxylic acids is 1. The number of nitrogens with zero attached hydrogens (tertiary/aromatic N) is 1. The van der Waals surface area contributed by atoms with Gasteiger partial charge in [-0.25, -0.2) is 4.98 Å². The van der Waals surface area contributed by atoms with Crippen molar-refractivity contribution in [2.75, 3.05) is 5.32 Å². The van der Waals surface area contributed by atoms with Gasteiger partial charge in [0, 0.05) is 17.7 Å². The molecule has 0 saturated heterocycles. The number of hydrogen-bond acceptors (Lipinski definition) is 3. The van der Waals surface area contributed by atoms with Gasteiger partial charge in [-0.15, -0.1) is 0 Å². The van der Waals surface area contributed by atoms with Crippen molar-refractivity contribution < 1.29 is 9.21 Å². The molecule has 28 heavy (non-hydrogen) atoms. The Morgan fingerprint density at radius 3 is 2.57 bits per heavy atom. The predicted octanol–water partition coefficient (Wildman–Crippen LogP) is 5.43. The molecule has 4 aromatic rings. The third-order valence-corrected chi connectivity index (χ3v) is 4.76. The number of aryl methyl sites for hydroxylation is 3. The zero-order valence-electron chi connectivity index (χ0n) is 15.8. The molecule has 1 heterocycles. The number of oxazole rings is 1. The minimum absolute atomic E-state index is 0.155. The summed E-state index contributed by atoms with van der Waals surface area (Å²) in [6, 6.07) is 23.5. The maximum atomic E-state index is 12.6. The minimum Gasteiger partial charge on any atom is -0.441 e. The van der Waals surface area contributed by atoms with Crippen LogP contribution >= 0.6 is 0 Å². The first-order chi connectivity index (χ1) is 13.7. The van der Waals surface area contributed by atoms with Gasteiger partial charge < -0.3 is 9.73 Å². The molecule has 0 radical (unpaired) electrons. The minimum atomic E-state index is -0.155. The van der Waals surface area contributed by atoms with Crippen LogP contribution < -0.4 is 5.32 Å². The fourth-order valence-corrected chi connectivity index (χ4v) is 3.19. The average molecular weight is 370 g/mol. The quantitative estimate of drug-likeness (QED) is 0.492. The lowest BCUT2D eigenvalue weighted by atomic mass is 10.1. The van der Waals surface area contributed by atoms with Crippen LogP contribution in [0.25, 0.3) is 11.1 Å². The van der Waals surface area contributed by atoms with Gasteiger partial charge in [-0.2, -0.15) is 0 Å². The second-order valence-corrected chi connectivity index (χ2v) is 6.78. The highest BCUT2D eigenvalue weighted by Gasteiger charge is 2.11. The lowest BCUT2D eigenvalue weighted by molar-refractivity contribution is 0.102. The first-order valence-electron chi connectivity index (χ1n) is 9.55. The van der Waals surface area contributed by atoms with Crippen molar-refractivity contribution in [2.24, 2.45) is 0 Å². The first-order valence-corrected chi connectivity index (χ1v) is 9.55. The zero-order valence-corrected chi connectivity index (χ0v) is 15.8. The summed E-state index contributed by atoms with van der Waals surface area (Å²) in [7, 11) is 0. The zero-order chi connectivity index (χ0) is 19.3. The number of benzene rings is 3. The Labute approximate surface area is 164 Å². The number of nitrogens with one attached hydrogen (secondary N) is 1. The van der Waals surface area contributed by atoms with E-state index in [0.29, 0.717) is 17.0 Å². The van der Waals surface area contributed by atoms with Crippen LogP contribution in [0.1, 0.15) is 34.3 Å². The van der Waals surface area contributed by atoms with Crippen LogP contribution in [-0.4, -0.2) is 10.9 Å². The smallest absolute Gasteiger partial charge is 0.255 e. The number of rotatable bonds is 6. The van der Waals surface area contributed by atoms with Gasteiger partial charge in [0.15, 0.2) is 11.5 Å². The predicted molar refractivity (Wildman–Crippen MR) is 112 cm³/mol. The van der Waals surface area contributed by atoms with Crippen molar-refractivity contribution in [3.8, 4) is 0 Å². The third kappa shape index (κ3) is 4.12. The Hall–Kier alpha value is -3.40. The lowest BCUT2D eigenvalue weighted by Crippen LogP contribution is -2.11. The topological polar surface area (TPSA) is 55.1 Å². The summed E-state index contributed by atoms with van der Waals surface area (Å²) in [5, 5.41) is 2.95. The van der Waals surface area contributed by atoms with E-state index in [1.54, 1.807) is 12.1 Å². The summed E-state index contributed by atoms with van der Waals surface area (Å²) in [5.41, 5.74) is 5.20. The Bertz CT molecular complexity index is 1100. The van der Waals surface area contributed by atoms with E-state index in [0.717, 1.165) is 30.5 Å². The Balaban J connectivity index is 1.48. The van der Waals surface area contributed by atoms with Crippen LogP contribution in [-0.2, 0) is 19.3 Å². The van der Waals surface area contributed by atoms with Gasteiger partial charge in [0.2, 0.25) is 0 Å². The molecule has 1 N–H and O–H groups in total. The fourth-order valence-electron chi connectivity index (χ4n) is 3.19. The second-order valence-electron chi connectivity index (χ2n) is 6.78. The maximum absolute atomic E-state index is 12.6. The van der Waals surface area contributed by atoms with Gasteiger partial charge in [0.05, 0.1) is 0 Å². The average Bonchev–Trinajstić information content (AvgIpc) is 3.15. The number of carbonyl (C=O) groups is 1. The Morgan fingerprint density at radius 2 is 1.75 bits per heavy atom. The monoisotopic (exact) mass is 370 g/mol. The molecule has 0 aliphatic carbocycles. The summed E-state index contributed by atoms with van der Waals surface area (Å²) in [6.07, 6.45) is 2.53. The molecule has 0 atom stereocenters. The van der Waals surface area contributed by atoms with Crippen molar-refractivity contribution in [1.29, 1.82) is 0 Å². The van der Waals surface area contributed by atoms with Crippen molar-refractivity contribution >= 4 is 22.7 Å². The molecule has 0 bridgehead atoms. The van der Waals surface area contributed by atoms with Gasteiger partial charge >= 0.3 is 0 Å². The van der Waals surface area contributed by atoms with Gasteiger partial charge in [0.25, 0.3) is 5.91 Å². The maximum Gasteiger partial charge on any atom is 0.255 e. The third-order valence-electron chi connectivity index (χ3n) is 4.76. The van der Waals surface area contributed by atoms with Crippen LogP contribution in [0, 0.1) is 0 Å². The number of fused-ring (bicyclic) bond motifs is 1. The molecule has 0 fully saturated rings. The van der Waals surface area contributed by atoms with E-state index in [-0.39, 0.29) is 5.91 Å². The normalized spacial score (nSPS) is 10.9. The highest BCUT2D eigenvalue weighted by molar-refractivity contribution is 6.05. The van der Waals surface area contributed by atoms with Gasteiger partial charge in [0.1, 0.15) is 5.52 Å². The Morgan fingerprint density at radius 1 is 0.929 bits per heavy atom. The number of amides is 1. The van der Waals surface area contributed by atoms with Crippen LogP contribution in [0.2, 0.25) is 0 Å². The summed E-state index contributed by atoms with van der Waals surface area (Å²) < 4.78 is 5.88. The van der Waals surface area contributed by atoms with Crippen molar-refractivity contribution in [1.82, 2.24) is 4.98 Å². The molecule has 0 aliphatic rings. The molecule has 3 aromatic carbocycles. The molecule has 4 rings (SSSR count). The van der Waals surface area contributed by atoms with Crippen LogP contribution in [0.15, 0.2) is 77.2 Å². The Kier molecular flexibility index (Phi) is 5.20. The van der Waals surface area contributed by atoms with Crippen LogP contribution in [0.3, 0.4) is 0 Å². The largest absolute Gasteiger partial charge is 0.441 e. The molecule has 1 aromatic heterocycles. The highest BCUT2D eigenvalue weighted by atomic mass is 16.3. The SMILES string of the molecule is CCc1cccc(NC(=O)c2ccc3nc(CCc4ccccc4)oc3c2)c1. The lowest BCUT2D eigenvalue weighted by Gasteiger charge is -2.06. The molecule has 0 saturated carbocycles. The molecular weight excluding hydrogens is 348 g/mol. The highest BCUT2D eigenvalue weighted by Crippen LogP contribution is 2.20. The molecule has 0 aliphatic heterocycles. The van der Waals surface area contributed by atoms with E-state index in [9.17, 15) is 4.79 Å². The second kappa shape index (κ2) is 8.09. The van der Waals surface area contributed by atoms with Crippen LogP contribution in [0.4, 0.5) is 5.69 Å². The van der Waals surface area contributed by atoms with Gasteiger partial charge in [-0.1, -0.05) is 49.4 Å². The number of hydrogen-bond donors (Lipinski definition) is 1. The summed E-state index contributed by atoms with van der Waals surface area (Å²) in [6.45, 7) is 2.09. The van der Waals surface area contributed by atoms with E-state index >= 15 is 0 Å². The van der Waals surface area contributed by atoms with E-state index in [1.807, 2.05) is 48.5 Å². The number of aromatic nitrogens is 1. The molecule has 4 heteroatoms. The van der Waals surface area contributed by atoms with E-state index in [2.05, 4.69) is 29.4 Å². The van der Waals surface area contributed by atoms with E-state index in [1.165, 1.54) is 11.1 Å².